The molecule has 0 saturated carbocycles. The first-order valence-corrected chi connectivity index (χ1v) is 8.16. The van der Waals surface area contributed by atoms with Gasteiger partial charge < -0.3 is 10.5 Å². The molecule has 1 aromatic heterocycles. The molecule has 3 N–H and O–H groups in total. The summed E-state index contributed by atoms with van der Waals surface area (Å²) in [5.41, 5.74) is 6.76. The van der Waals surface area contributed by atoms with Gasteiger partial charge in [0.15, 0.2) is 0 Å². The predicted molar refractivity (Wildman–Crippen MR) is 78.1 cm³/mol. The third-order valence-electron chi connectivity index (χ3n) is 2.32. The van der Waals surface area contributed by atoms with Crippen LogP contribution in [-0.2, 0) is 10.0 Å². The number of para-hydroxylation sites is 2. The van der Waals surface area contributed by atoms with Gasteiger partial charge in [-0.1, -0.05) is 12.1 Å². The van der Waals surface area contributed by atoms with Crippen LogP contribution in [0.2, 0.25) is 0 Å². The zero-order valence-corrected chi connectivity index (χ0v) is 11.7. The Morgan fingerprint density at radius 1 is 1.26 bits per heavy atom. The lowest BCUT2D eigenvalue weighted by Gasteiger charge is -2.09. The summed E-state index contributed by atoms with van der Waals surface area (Å²) < 4.78 is 31.3. The molecule has 2 rings (SSSR count). The van der Waals surface area contributed by atoms with Crippen LogP contribution in [-0.4, -0.2) is 20.8 Å². The maximum atomic E-state index is 11.8. The highest BCUT2D eigenvalue weighted by molar-refractivity contribution is 7.92. The summed E-state index contributed by atoms with van der Waals surface area (Å²) in [5, 5.41) is 3.53. The van der Waals surface area contributed by atoms with Crippen LogP contribution in [0.3, 0.4) is 0 Å². The molecule has 5 nitrogen and oxygen atoms in total. The fraction of sp³-hybridized carbons (Fsp3) is 0.167. The number of sulfonamides is 1. The number of ether oxygens (including phenoxy) is 1. The summed E-state index contributed by atoms with van der Waals surface area (Å²) in [6.45, 7) is 0.0493. The summed E-state index contributed by atoms with van der Waals surface area (Å²) >= 11 is 1.43. The van der Waals surface area contributed by atoms with Crippen LogP contribution in [0.25, 0.3) is 0 Å². The van der Waals surface area contributed by atoms with Crippen molar-refractivity contribution in [2.24, 2.45) is 0 Å². The van der Waals surface area contributed by atoms with Crippen molar-refractivity contribution in [3.63, 3.8) is 0 Å². The molecule has 0 aliphatic carbocycles. The summed E-state index contributed by atoms with van der Waals surface area (Å²) in [6, 6.07) is 8.68. The first kappa shape index (κ1) is 13.7. The minimum atomic E-state index is -3.40. The second-order valence-electron chi connectivity index (χ2n) is 3.82. The first-order chi connectivity index (χ1) is 9.07. The smallest absolute Gasteiger partial charge is 0.236 e. The third kappa shape index (κ3) is 4.15. The van der Waals surface area contributed by atoms with E-state index in [9.17, 15) is 8.42 Å². The topological polar surface area (TPSA) is 81.4 Å². The molecule has 0 saturated heterocycles. The number of nitrogens with one attached hydrogen (secondary N) is 1. The van der Waals surface area contributed by atoms with Crippen molar-refractivity contribution >= 4 is 32.7 Å². The van der Waals surface area contributed by atoms with E-state index in [0.29, 0.717) is 17.1 Å². The number of benzene rings is 1. The van der Waals surface area contributed by atoms with E-state index in [1.807, 2.05) is 0 Å². The number of hydrogen-bond donors (Lipinski definition) is 2. The van der Waals surface area contributed by atoms with Gasteiger partial charge in [0, 0.05) is 5.38 Å². The van der Waals surface area contributed by atoms with Gasteiger partial charge in [-0.15, -0.1) is 0 Å². The SMILES string of the molecule is Nc1ccccc1OCCS(=O)(=O)Nc1ccsc1. The van der Waals surface area contributed by atoms with E-state index >= 15 is 0 Å². The second-order valence-corrected chi connectivity index (χ2v) is 6.44. The molecule has 102 valence electrons. The van der Waals surface area contributed by atoms with Gasteiger partial charge in [-0.2, -0.15) is 11.3 Å². The molecule has 0 unspecified atom stereocenters. The molecule has 2 aromatic rings. The van der Waals surface area contributed by atoms with Crippen LogP contribution in [0.15, 0.2) is 41.1 Å². The van der Waals surface area contributed by atoms with Gasteiger partial charge in [-0.25, -0.2) is 8.42 Å². The number of thiophene rings is 1. The van der Waals surface area contributed by atoms with Crippen molar-refractivity contribution in [1.82, 2.24) is 0 Å². The van der Waals surface area contributed by atoms with Crippen LogP contribution in [0.1, 0.15) is 0 Å². The molecule has 0 aliphatic rings. The second kappa shape index (κ2) is 5.94. The van der Waals surface area contributed by atoms with Crippen LogP contribution in [0.5, 0.6) is 5.75 Å². The molecule has 0 amide bonds. The number of hydrogen-bond acceptors (Lipinski definition) is 5. The Balaban J connectivity index is 1.87. The van der Waals surface area contributed by atoms with E-state index in [4.69, 9.17) is 10.5 Å². The molecule has 0 spiro atoms. The summed E-state index contributed by atoms with van der Waals surface area (Å²) in [6.07, 6.45) is 0. The molecule has 19 heavy (non-hydrogen) atoms. The average Bonchev–Trinajstić information content (AvgIpc) is 2.83. The highest BCUT2D eigenvalue weighted by Gasteiger charge is 2.11. The van der Waals surface area contributed by atoms with Crippen molar-refractivity contribution in [3.8, 4) is 5.75 Å². The van der Waals surface area contributed by atoms with Crippen LogP contribution >= 0.6 is 11.3 Å². The van der Waals surface area contributed by atoms with E-state index in [2.05, 4.69) is 4.72 Å². The molecule has 1 aromatic carbocycles. The fourth-order valence-corrected chi connectivity index (χ4v) is 2.98. The molecule has 0 aliphatic heterocycles. The van der Waals surface area contributed by atoms with Gasteiger partial charge in [-0.3, -0.25) is 4.72 Å². The molecular formula is C12H14N2O3S2. The number of nitrogen functional groups attached to an aromatic ring is 1. The van der Waals surface area contributed by atoms with E-state index in [1.54, 1.807) is 41.1 Å². The summed E-state index contributed by atoms with van der Waals surface area (Å²) in [5.74, 6) is 0.366. The van der Waals surface area contributed by atoms with E-state index in [0.717, 1.165) is 0 Å². The Labute approximate surface area is 116 Å². The summed E-state index contributed by atoms with van der Waals surface area (Å²) in [7, 11) is -3.40. The maximum Gasteiger partial charge on any atom is 0.236 e. The van der Waals surface area contributed by atoms with E-state index in [1.165, 1.54) is 11.3 Å². The lowest BCUT2D eigenvalue weighted by molar-refractivity contribution is 0.343. The van der Waals surface area contributed by atoms with Gasteiger partial charge in [0.25, 0.3) is 0 Å². The van der Waals surface area contributed by atoms with Gasteiger partial charge in [-0.05, 0) is 23.6 Å². The Hall–Kier alpha value is -1.73. The fourth-order valence-electron chi connectivity index (χ4n) is 1.43. The lowest BCUT2D eigenvalue weighted by Crippen LogP contribution is -2.21. The monoisotopic (exact) mass is 298 g/mol. The Kier molecular flexibility index (Phi) is 4.28. The highest BCUT2D eigenvalue weighted by atomic mass is 32.2. The average molecular weight is 298 g/mol. The Morgan fingerprint density at radius 3 is 2.74 bits per heavy atom. The lowest BCUT2D eigenvalue weighted by atomic mass is 10.3. The van der Waals surface area contributed by atoms with Crippen molar-refractivity contribution in [2.75, 3.05) is 22.8 Å². The number of rotatable bonds is 6. The molecular weight excluding hydrogens is 284 g/mol. The molecule has 0 bridgehead atoms. The minimum Gasteiger partial charge on any atom is -0.490 e. The standard InChI is InChI=1S/C12H14N2O3S2/c13-11-3-1-2-4-12(11)17-6-8-19(15,16)14-10-5-7-18-9-10/h1-5,7,9,14H,6,8,13H2. The van der Waals surface area contributed by atoms with Crippen molar-refractivity contribution in [1.29, 1.82) is 0 Å². The first-order valence-electron chi connectivity index (χ1n) is 5.57. The van der Waals surface area contributed by atoms with Crippen molar-refractivity contribution in [3.05, 3.63) is 41.1 Å². The van der Waals surface area contributed by atoms with Gasteiger partial charge >= 0.3 is 0 Å². The molecule has 7 heteroatoms. The molecule has 0 atom stereocenters. The maximum absolute atomic E-state index is 11.8. The van der Waals surface area contributed by atoms with Crippen molar-refractivity contribution in [2.45, 2.75) is 0 Å². The quantitative estimate of drug-likeness (QED) is 0.801. The van der Waals surface area contributed by atoms with Crippen LogP contribution < -0.4 is 15.2 Å². The number of nitrogens with two attached hydrogens (primary N) is 1. The van der Waals surface area contributed by atoms with Crippen LogP contribution in [0.4, 0.5) is 11.4 Å². The predicted octanol–water partition coefficient (Wildman–Crippen LogP) is 2.15. The van der Waals surface area contributed by atoms with Crippen LogP contribution in [0, 0.1) is 0 Å². The normalized spacial score (nSPS) is 11.2. The minimum absolute atomic E-state index is 0.0493. The van der Waals surface area contributed by atoms with Gasteiger partial charge in [0.05, 0.1) is 11.4 Å². The number of anilines is 2. The van der Waals surface area contributed by atoms with E-state index < -0.39 is 10.0 Å². The zero-order valence-electron chi connectivity index (χ0n) is 10.1. The largest absolute Gasteiger partial charge is 0.490 e. The molecule has 0 fully saturated rings. The van der Waals surface area contributed by atoms with E-state index in [-0.39, 0.29) is 12.4 Å². The summed E-state index contributed by atoms with van der Waals surface area (Å²) in [4.78, 5) is 0. The Morgan fingerprint density at radius 2 is 2.05 bits per heavy atom. The zero-order chi connectivity index (χ0) is 13.7. The Bertz CT molecular complexity index is 624. The van der Waals surface area contributed by atoms with Crippen molar-refractivity contribution < 1.29 is 13.2 Å². The molecule has 0 radical (unpaired) electrons. The highest BCUT2D eigenvalue weighted by Crippen LogP contribution is 2.19. The third-order valence-corrected chi connectivity index (χ3v) is 4.26. The van der Waals surface area contributed by atoms with Gasteiger partial charge in [0.2, 0.25) is 10.0 Å². The van der Waals surface area contributed by atoms with Gasteiger partial charge in [0.1, 0.15) is 18.1 Å². The molecule has 1 heterocycles.